The van der Waals surface area contributed by atoms with E-state index in [1.54, 1.807) is 6.07 Å². The van der Waals surface area contributed by atoms with E-state index in [-0.39, 0.29) is 23.6 Å². The third-order valence-electron chi connectivity index (χ3n) is 3.52. The van der Waals surface area contributed by atoms with Gasteiger partial charge >= 0.3 is 6.61 Å². The number of ether oxygens (including phenoxy) is 1. The predicted octanol–water partition coefficient (Wildman–Crippen LogP) is 1.77. The first-order chi connectivity index (χ1) is 9.47. The number of hydrogen-bond acceptors (Lipinski definition) is 4. The lowest BCUT2D eigenvalue weighted by Gasteiger charge is -2.37. The van der Waals surface area contributed by atoms with Crippen LogP contribution in [0.4, 0.5) is 14.6 Å². The molecule has 2 heterocycles. The third-order valence-corrected chi connectivity index (χ3v) is 3.52. The number of rotatable bonds is 4. The molecule has 0 radical (unpaired) electrons. The molecule has 5 nitrogen and oxygen atoms in total. The van der Waals surface area contributed by atoms with Crippen LogP contribution in [0.1, 0.15) is 19.8 Å². The van der Waals surface area contributed by atoms with Crippen molar-refractivity contribution >= 4 is 11.7 Å². The molecular formula is C13H17F2N3O2. The summed E-state index contributed by atoms with van der Waals surface area (Å²) in [5, 5.41) is 0. The van der Waals surface area contributed by atoms with E-state index in [9.17, 15) is 13.6 Å². The lowest BCUT2D eigenvalue weighted by atomic mass is 9.93. The van der Waals surface area contributed by atoms with E-state index in [1.807, 2.05) is 11.8 Å². The molecule has 0 bridgehead atoms. The Hall–Kier alpha value is -1.92. The molecule has 2 unspecified atom stereocenters. The topological polar surface area (TPSA) is 68.5 Å². The summed E-state index contributed by atoms with van der Waals surface area (Å²) in [6, 6.07) is 3.27. The fraction of sp³-hybridized carbons (Fsp3) is 0.538. The molecule has 1 aliphatic rings. The fourth-order valence-corrected chi connectivity index (χ4v) is 2.37. The van der Waals surface area contributed by atoms with Crippen molar-refractivity contribution in [2.45, 2.75) is 32.4 Å². The summed E-state index contributed by atoms with van der Waals surface area (Å²) in [6.45, 7) is -0.336. The van der Waals surface area contributed by atoms with Gasteiger partial charge in [0.15, 0.2) is 0 Å². The van der Waals surface area contributed by atoms with Crippen LogP contribution in [0.25, 0.3) is 0 Å². The Kier molecular flexibility index (Phi) is 4.36. The number of pyridine rings is 1. The van der Waals surface area contributed by atoms with Crippen molar-refractivity contribution in [2.24, 2.45) is 11.7 Å². The Morgan fingerprint density at radius 2 is 2.25 bits per heavy atom. The zero-order valence-corrected chi connectivity index (χ0v) is 11.1. The van der Waals surface area contributed by atoms with Crippen LogP contribution < -0.4 is 15.4 Å². The quantitative estimate of drug-likeness (QED) is 0.915. The second-order valence-electron chi connectivity index (χ2n) is 4.91. The van der Waals surface area contributed by atoms with E-state index in [0.717, 1.165) is 12.8 Å². The maximum absolute atomic E-state index is 12.1. The molecule has 1 aromatic rings. The maximum atomic E-state index is 12.1. The standard InChI is InChI=1S/C13H17F2N3O2/c1-8-2-3-9(12(16)19)7-18(8)11-5-4-10(6-17-11)20-13(14)15/h4-6,8-9,13H,2-3,7H2,1H3,(H2,16,19). The minimum absolute atomic E-state index is 0.0138. The number of amides is 1. The van der Waals surface area contributed by atoms with E-state index < -0.39 is 6.61 Å². The summed E-state index contributed by atoms with van der Waals surface area (Å²) >= 11 is 0. The van der Waals surface area contributed by atoms with Crippen LogP contribution in [-0.2, 0) is 4.79 Å². The average molecular weight is 285 g/mol. The largest absolute Gasteiger partial charge is 0.433 e. The zero-order chi connectivity index (χ0) is 14.7. The molecule has 0 saturated carbocycles. The van der Waals surface area contributed by atoms with Gasteiger partial charge in [-0.1, -0.05) is 0 Å². The molecule has 0 aliphatic carbocycles. The first-order valence-corrected chi connectivity index (χ1v) is 6.44. The van der Waals surface area contributed by atoms with Crippen LogP contribution in [0.3, 0.4) is 0 Å². The maximum Gasteiger partial charge on any atom is 0.387 e. The molecule has 0 aromatic carbocycles. The van der Waals surface area contributed by atoms with Gasteiger partial charge in [-0.15, -0.1) is 0 Å². The van der Waals surface area contributed by atoms with E-state index >= 15 is 0 Å². The van der Waals surface area contributed by atoms with Crippen molar-refractivity contribution in [1.82, 2.24) is 4.98 Å². The molecule has 0 spiro atoms. The fourth-order valence-electron chi connectivity index (χ4n) is 2.37. The van der Waals surface area contributed by atoms with Crippen molar-refractivity contribution < 1.29 is 18.3 Å². The number of hydrogen-bond donors (Lipinski definition) is 1. The number of piperidine rings is 1. The first kappa shape index (κ1) is 14.5. The van der Waals surface area contributed by atoms with Crippen molar-refractivity contribution in [3.8, 4) is 5.75 Å². The van der Waals surface area contributed by atoms with Gasteiger partial charge in [-0.2, -0.15) is 8.78 Å². The summed E-state index contributed by atoms with van der Waals surface area (Å²) in [4.78, 5) is 17.4. The highest BCUT2D eigenvalue weighted by Crippen LogP contribution is 2.27. The van der Waals surface area contributed by atoms with E-state index in [0.29, 0.717) is 12.4 Å². The van der Waals surface area contributed by atoms with Gasteiger partial charge in [0.2, 0.25) is 5.91 Å². The minimum Gasteiger partial charge on any atom is -0.433 e. The number of halogens is 2. The molecular weight excluding hydrogens is 268 g/mol. The summed E-state index contributed by atoms with van der Waals surface area (Å²) in [7, 11) is 0. The van der Waals surface area contributed by atoms with Gasteiger partial charge in [0, 0.05) is 12.6 Å². The van der Waals surface area contributed by atoms with Crippen LogP contribution >= 0.6 is 0 Å². The molecule has 2 rings (SSSR count). The lowest BCUT2D eigenvalue weighted by molar-refractivity contribution is -0.122. The second-order valence-corrected chi connectivity index (χ2v) is 4.91. The van der Waals surface area contributed by atoms with Gasteiger partial charge in [0.25, 0.3) is 0 Å². The second kappa shape index (κ2) is 6.02. The number of carbonyl (C=O) groups excluding carboxylic acids is 1. The van der Waals surface area contributed by atoms with Crippen LogP contribution in [0, 0.1) is 5.92 Å². The summed E-state index contributed by atoms with van der Waals surface area (Å²) in [6.07, 6.45) is 2.85. The highest BCUT2D eigenvalue weighted by Gasteiger charge is 2.29. The van der Waals surface area contributed by atoms with Gasteiger partial charge in [-0.05, 0) is 31.9 Å². The molecule has 110 valence electrons. The Bertz CT molecular complexity index is 467. The molecule has 2 N–H and O–H groups in total. The number of carbonyl (C=O) groups is 1. The SMILES string of the molecule is CC1CCC(C(N)=O)CN1c1ccc(OC(F)F)cn1. The van der Waals surface area contributed by atoms with E-state index in [2.05, 4.69) is 9.72 Å². The number of nitrogens with two attached hydrogens (primary N) is 1. The number of primary amides is 1. The number of anilines is 1. The van der Waals surface area contributed by atoms with Crippen LogP contribution in [0.2, 0.25) is 0 Å². The van der Waals surface area contributed by atoms with Gasteiger partial charge in [-0.25, -0.2) is 4.98 Å². The molecule has 7 heteroatoms. The van der Waals surface area contributed by atoms with Gasteiger partial charge in [-0.3, -0.25) is 4.79 Å². The van der Waals surface area contributed by atoms with E-state index in [1.165, 1.54) is 12.3 Å². The number of nitrogens with zero attached hydrogens (tertiary/aromatic N) is 2. The van der Waals surface area contributed by atoms with Gasteiger partial charge in [0.05, 0.1) is 12.1 Å². The number of alkyl halides is 2. The highest BCUT2D eigenvalue weighted by atomic mass is 19.3. The number of aromatic nitrogens is 1. The Morgan fingerprint density at radius 1 is 1.50 bits per heavy atom. The predicted molar refractivity (Wildman–Crippen MR) is 69.6 cm³/mol. The van der Waals surface area contributed by atoms with Crippen LogP contribution in [0.15, 0.2) is 18.3 Å². The summed E-state index contributed by atoms with van der Waals surface area (Å²) in [5.41, 5.74) is 5.34. The monoisotopic (exact) mass is 285 g/mol. The first-order valence-electron chi connectivity index (χ1n) is 6.44. The molecule has 1 fully saturated rings. The molecule has 1 aliphatic heterocycles. The Balaban J connectivity index is 2.10. The normalized spacial score (nSPS) is 22.9. The van der Waals surface area contributed by atoms with Crippen molar-refractivity contribution in [2.75, 3.05) is 11.4 Å². The van der Waals surface area contributed by atoms with Crippen LogP contribution in [0.5, 0.6) is 5.75 Å². The summed E-state index contributed by atoms with van der Waals surface area (Å²) < 4.78 is 28.4. The lowest BCUT2D eigenvalue weighted by Crippen LogP contribution is -2.46. The minimum atomic E-state index is -2.86. The summed E-state index contributed by atoms with van der Waals surface area (Å²) in [5.74, 6) is 0.120. The van der Waals surface area contributed by atoms with Crippen molar-refractivity contribution in [1.29, 1.82) is 0 Å². The van der Waals surface area contributed by atoms with Gasteiger partial charge in [0.1, 0.15) is 11.6 Å². The third kappa shape index (κ3) is 3.34. The molecule has 1 saturated heterocycles. The zero-order valence-electron chi connectivity index (χ0n) is 11.1. The molecule has 1 aromatic heterocycles. The average Bonchev–Trinajstić information content (AvgIpc) is 2.39. The Labute approximate surface area is 115 Å². The van der Waals surface area contributed by atoms with Crippen molar-refractivity contribution in [3.63, 3.8) is 0 Å². The van der Waals surface area contributed by atoms with E-state index in [4.69, 9.17) is 5.73 Å². The molecule has 1 amide bonds. The van der Waals surface area contributed by atoms with Gasteiger partial charge < -0.3 is 15.4 Å². The highest BCUT2D eigenvalue weighted by molar-refractivity contribution is 5.77. The smallest absolute Gasteiger partial charge is 0.387 e. The Morgan fingerprint density at radius 3 is 2.80 bits per heavy atom. The molecule has 2 atom stereocenters. The van der Waals surface area contributed by atoms with Crippen molar-refractivity contribution in [3.05, 3.63) is 18.3 Å². The molecule has 20 heavy (non-hydrogen) atoms. The van der Waals surface area contributed by atoms with Crippen LogP contribution in [-0.4, -0.2) is 30.1 Å².